The second-order valence-electron chi connectivity index (χ2n) is 4.05. The maximum atomic E-state index is 11.4. The highest BCUT2D eigenvalue weighted by Crippen LogP contribution is 2.29. The predicted molar refractivity (Wildman–Crippen MR) is 70.0 cm³/mol. The fourth-order valence-electron chi connectivity index (χ4n) is 1.35. The number of carbonyl (C=O) groups is 1. The van der Waals surface area contributed by atoms with Crippen molar-refractivity contribution >= 4 is 27.1 Å². The largest absolute Gasteiger partial charge is 0.478 e. The minimum absolute atomic E-state index is 0.0284. The summed E-state index contributed by atoms with van der Waals surface area (Å²) in [4.78, 5) is 14.9. The van der Waals surface area contributed by atoms with Gasteiger partial charge in [0, 0.05) is 17.7 Å². The topological polar surface area (TPSA) is 97.5 Å². The molecule has 2 aromatic heterocycles. The van der Waals surface area contributed by atoms with Gasteiger partial charge in [0.2, 0.25) is 0 Å². The Balaban J connectivity index is 2.33. The molecule has 0 aliphatic rings. The molecule has 0 aromatic carbocycles. The van der Waals surface area contributed by atoms with Crippen LogP contribution in [0.3, 0.4) is 0 Å². The number of carboxylic acid groups (broad SMARTS) is 1. The first-order chi connectivity index (χ1) is 8.79. The van der Waals surface area contributed by atoms with E-state index >= 15 is 0 Å². The number of carboxylic acids is 1. The Kier molecular flexibility index (Phi) is 3.46. The van der Waals surface area contributed by atoms with Gasteiger partial charge in [-0.2, -0.15) is 0 Å². The summed E-state index contributed by atoms with van der Waals surface area (Å²) < 4.78 is 28.0. The Labute approximate surface area is 113 Å². The van der Waals surface area contributed by atoms with Crippen LogP contribution >= 0.6 is 11.3 Å². The molecule has 0 aliphatic carbocycles. The first kappa shape index (κ1) is 13.8. The Morgan fingerprint density at radius 2 is 2.21 bits per heavy atom. The molecule has 1 unspecified atom stereocenters. The van der Waals surface area contributed by atoms with Crippen molar-refractivity contribution in [3.63, 3.8) is 0 Å². The van der Waals surface area contributed by atoms with E-state index in [0.717, 1.165) is 12.5 Å². The molecular formula is C11H11NO5S2. The number of nitrogens with zero attached hydrogens (tertiary/aromatic N) is 1. The average Bonchev–Trinajstić information content (AvgIpc) is 2.95. The number of rotatable bonds is 4. The molecule has 2 rings (SSSR count). The summed E-state index contributed by atoms with van der Waals surface area (Å²) in [6, 6.07) is 1.35. The normalized spacial score (nSPS) is 13.4. The molecule has 8 heteroatoms. The van der Waals surface area contributed by atoms with E-state index in [9.17, 15) is 13.2 Å². The molecule has 0 fully saturated rings. The van der Waals surface area contributed by atoms with Crippen LogP contribution in [0.4, 0.5) is 0 Å². The number of aromatic carboxylic acids is 1. The lowest BCUT2D eigenvalue weighted by atomic mass is 10.3. The molecule has 0 bridgehead atoms. The first-order valence-corrected chi connectivity index (χ1v) is 8.09. The lowest BCUT2D eigenvalue weighted by Crippen LogP contribution is -2.07. The summed E-state index contributed by atoms with van der Waals surface area (Å²) >= 11 is 1.20. The molecule has 19 heavy (non-hydrogen) atoms. The van der Waals surface area contributed by atoms with E-state index in [-0.39, 0.29) is 5.56 Å². The standard InChI is InChI=1S/C11H11NO5S2/c1-6(19(2,15)16)10-12-8(5-18-10)9-3-7(4-17-9)11(13)14/h3-6H,1-2H3,(H,13,14). The third kappa shape index (κ3) is 2.85. The molecule has 102 valence electrons. The zero-order chi connectivity index (χ0) is 14.2. The number of hydrogen-bond donors (Lipinski definition) is 1. The fraction of sp³-hybridized carbons (Fsp3) is 0.273. The maximum Gasteiger partial charge on any atom is 0.338 e. The molecule has 0 aliphatic heterocycles. The van der Waals surface area contributed by atoms with Gasteiger partial charge in [-0.3, -0.25) is 0 Å². The summed E-state index contributed by atoms with van der Waals surface area (Å²) in [5, 5.41) is 10.2. The van der Waals surface area contributed by atoms with Crippen LogP contribution in [0.25, 0.3) is 11.5 Å². The second-order valence-corrected chi connectivity index (χ2v) is 7.30. The highest BCUT2D eigenvalue weighted by Gasteiger charge is 2.22. The Morgan fingerprint density at radius 3 is 2.74 bits per heavy atom. The molecule has 0 saturated heterocycles. The van der Waals surface area contributed by atoms with Crippen LogP contribution in [0.2, 0.25) is 0 Å². The number of hydrogen-bond acceptors (Lipinski definition) is 6. The second kappa shape index (κ2) is 4.78. The first-order valence-electron chi connectivity index (χ1n) is 5.25. The smallest absolute Gasteiger partial charge is 0.338 e. The lowest BCUT2D eigenvalue weighted by Gasteiger charge is -2.03. The molecule has 0 amide bonds. The minimum atomic E-state index is -3.21. The Bertz CT molecular complexity index is 713. The average molecular weight is 301 g/mol. The van der Waals surface area contributed by atoms with Gasteiger partial charge in [-0.1, -0.05) is 0 Å². The van der Waals surface area contributed by atoms with Crippen LogP contribution in [0.1, 0.15) is 27.5 Å². The maximum absolute atomic E-state index is 11.4. The van der Waals surface area contributed by atoms with Gasteiger partial charge in [0.15, 0.2) is 15.6 Å². The summed E-state index contributed by atoms with van der Waals surface area (Å²) in [5.74, 6) is -0.782. The molecule has 2 aromatic rings. The molecule has 0 radical (unpaired) electrons. The molecule has 1 N–H and O–H groups in total. The van der Waals surface area contributed by atoms with Crippen molar-refractivity contribution in [2.24, 2.45) is 0 Å². The van der Waals surface area contributed by atoms with Crippen LogP contribution < -0.4 is 0 Å². The van der Waals surface area contributed by atoms with E-state index in [1.54, 1.807) is 12.3 Å². The van der Waals surface area contributed by atoms with Crippen molar-refractivity contribution in [1.82, 2.24) is 4.98 Å². The van der Waals surface area contributed by atoms with Gasteiger partial charge < -0.3 is 9.52 Å². The third-order valence-electron chi connectivity index (χ3n) is 2.61. The van der Waals surface area contributed by atoms with Gasteiger partial charge in [-0.05, 0) is 6.92 Å². The molecular weight excluding hydrogens is 290 g/mol. The zero-order valence-corrected chi connectivity index (χ0v) is 11.8. The Hall–Kier alpha value is -1.67. The summed E-state index contributed by atoms with van der Waals surface area (Å²) in [5.41, 5.74) is 0.462. The van der Waals surface area contributed by atoms with Crippen LogP contribution in [-0.2, 0) is 9.84 Å². The lowest BCUT2D eigenvalue weighted by molar-refractivity contribution is 0.0696. The van der Waals surface area contributed by atoms with E-state index in [1.165, 1.54) is 17.4 Å². The number of aromatic nitrogens is 1. The van der Waals surface area contributed by atoms with Crippen molar-refractivity contribution in [2.75, 3.05) is 6.26 Å². The van der Waals surface area contributed by atoms with E-state index < -0.39 is 21.1 Å². The van der Waals surface area contributed by atoms with Gasteiger partial charge in [0.05, 0.1) is 5.56 Å². The number of thiazole rings is 1. The summed E-state index contributed by atoms with van der Waals surface area (Å²) in [6.45, 7) is 1.56. The fourth-order valence-corrected chi connectivity index (χ4v) is 3.21. The van der Waals surface area contributed by atoms with E-state index in [1.807, 2.05) is 0 Å². The van der Waals surface area contributed by atoms with Gasteiger partial charge in [0.1, 0.15) is 22.2 Å². The van der Waals surface area contributed by atoms with Gasteiger partial charge >= 0.3 is 5.97 Å². The van der Waals surface area contributed by atoms with Gasteiger partial charge in [-0.15, -0.1) is 11.3 Å². The van der Waals surface area contributed by atoms with Gasteiger partial charge in [0.25, 0.3) is 0 Å². The van der Waals surface area contributed by atoms with E-state index in [0.29, 0.717) is 16.5 Å². The van der Waals surface area contributed by atoms with Gasteiger partial charge in [-0.25, -0.2) is 18.2 Å². The highest BCUT2D eigenvalue weighted by atomic mass is 32.2. The Morgan fingerprint density at radius 1 is 1.53 bits per heavy atom. The van der Waals surface area contributed by atoms with Crippen LogP contribution in [0.15, 0.2) is 22.1 Å². The highest BCUT2D eigenvalue weighted by molar-refractivity contribution is 7.91. The molecule has 1 atom stereocenters. The SMILES string of the molecule is CC(c1nc(-c2cc(C(=O)O)co2)cs1)S(C)(=O)=O. The van der Waals surface area contributed by atoms with Crippen LogP contribution in [-0.4, -0.2) is 30.7 Å². The van der Waals surface area contributed by atoms with Crippen molar-refractivity contribution in [3.8, 4) is 11.5 Å². The van der Waals surface area contributed by atoms with Crippen LogP contribution in [0, 0.1) is 0 Å². The molecule has 2 heterocycles. The number of furan rings is 1. The van der Waals surface area contributed by atoms with Crippen molar-refractivity contribution < 1.29 is 22.7 Å². The summed E-state index contributed by atoms with van der Waals surface area (Å²) in [7, 11) is -3.21. The monoisotopic (exact) mass is 301 g/mol. The molecule has 6 nitrogen and oxygen atoms in total. The van der Waals surface area contributed by atoms with Crippen molar-refractivity contribution in [3.05, 3.63) is 28.3 Å². The number of sulfone groups is 1. The van der Waals surface area contributed by atoms with Crippen molar-refractivity contribution in [1.29, 1.82) is 0 Å². The molecule has 0 spiro atoms. The van der Waals surface area contributed by atoms with Crippen molar-refractivity contribution in [2.45, 2.75) is 12.2 Å². The summed E-state index contributed by atoms with van der Waals surface area (Å²) in [6.07, 6.45) is 2.27. The molecule has 0 saturated carbocycles. The van der Waals surface area contributed by atoms with Crippen LogP contribution in [0.5, 0.6) is 0 Å². The predicted octanol–water partition coefficient (Wildman–Crippen LogP) is 2.21. The quantitative estimate of drug-likeness (QED) is 0.929. The zero-order valence-electron chi connectivity index (χ0n) is 10.2. The van der Waals surface area contributed by atoms with E-state index in [4.69, 9.17) is 9.52 Å². The third-order valence-corrected chi connectivity index (χ3v) is 5.30. The van der Waals surface area contributed by atoms with E-state index in [2.05, 4.69) is 4.98 Å². The minimum Gasteiger partial charge on any atom is -0.478 e.